The van der Waals surface area contributed by atoms with Crippen LogP contribution in [0.5, 0.6) is 17.2 Å². The lowest BCUT2D eigenvalue weighted by Gasteiger charge is -2.14. The average molecular weight is 312 g/mol. The summed E-state index contributed by atoms with van der Waals surface area (Å²) in [5.74, 6) is 2.30. The third-order valence-corrected chi connectivity index (χ3v) is 4.40. The fraction of sp³-hybridized carbons (Fsp3) is 0.400. The third kappa shape index (κ3) is 4.26. The largest absolute Gasteiger partial charge is 0.493 e. The maximum Gasteiger partial charge on any atom is 0.169 e. The van der Waals surface area contributed by atoms with Crippen LogP contribution < -0.4 is 9.47 Å². The van der Waals surface area contributed by atoms with Crippen molar-refractivity contribution in [1.82, 2.24) is 0 Å². The predicted molar refractivity (Wildman–Crippen MR) is 91.4 cm³/mol. The second kappa shape index (κ2) is 7.51. The standard InChI is InChI=1S/C20H24O3/c1-22-20-14-16-4-2-3-5-17(21)10-6-15-7-11-18(12-8-15)23-19(20)13-9-16/h7-9,11-14,17,21H,2-6,10H2,1H3. The molecule has 2 aromatic rings. The van der Waals surface area contributed by atoms with Gasteiger partial charge in [-0.05, 0) is 67.5 Å². The highest BCUT2D eigenvalue weighted by Gasteiger charge is 2.10. The van der Waals surface area contributed by atoms with Gasteiger partial charge in [-0.3, -0.25) is 0 Å². The van der Waals surface area contributed by atoms with Crippen molar-refractivity contribution in [3.05, 3.63) is 53.6 Å². The van der Waals surface area contributed by atoms with E-state index in [1.807, 2.05) is 24.3 Å². The first-order chi connectivity index (χ1) is 11.2. The van der Waals surface area contributed by atoms with Gasteiger partial charge in [-0.15, -0.1) is 0 Å². The summed E-state index contributed by atoms with van der Waals surface area (Å²) in [6, 6.07) is 14.2. The van der Waals surface area contributed by atoms with E-state index in [0.717, 1.165) is 55.8 Å². The van der Waals surface area contributed by atoms with Crippen molar-refractivity contribution in [2.24, 2.45) is 0 Å². The zero-order valence-electron chi connectivity index (χ0n) is 13.6. The van der Waals surface area contributed by atoms with Crippen LogP contribution in [0.15, 0.2) is 42.5 Å². The van der Waals surface area contributed by atoms with E-state index in [-0.39, 0.29) is 6.10 Å². The van der Waals surface area contributed by atoms with Gasteiger partial charge < -0.3 is 14.6 Å². The number of rotatable bonds is 1. The van der Waals surface area contributed by atoms with Gasteiger partial charge >= 0.3 is 0 Å². The average Bonchev–Trinajstić information content (AvgIpc) is 2.58. The van der Waals surface area contributed by atoms with Crippen LogP contribution >= 0.6 is 0 Å². The van der Waals surface area contributed by atoms with E-state index in [0.29, 0.717) is 0 Å². The summed E-state index contributed by atoms with van der Waals surface area (Å²) in [6.07, 6.45) is 5.50. The number of hydrogen-bond donors (Lipinski definition) is 1. The molecule has 3 nitrogen and oxygen atoms in total. The highest BCUT2D eigenvalue weighted by atomic mass is 16.5. The van der Waals surface area contributed by atoms with Crippen molar-refractivity contribution >= 4 is 0 Å². The number of benzene rings is 2. The lowest BCUT2D eigenvalue weighted by atomic mass is 10.0. The topological polar surface area (TPSA) is 38.7 Å². The number of aliphatic hydroxyl groups excluding tert-OH is 1. The van der Waals surface area contributed by atoms with Crippen LogP contribution in [0.25, 0.3) is 0 Å². The van der Waals surface area contributed by atoms with Gasteiger partial charge in [0.1, 0.15) is 5.75 Å². The first kappa shape index (κ1) is 15.9. The summed E-state index contributed by atoms with van der Waals surface area (Å²) in [4.78, 5) is 0. The normalized spacial score (nSPS) is 18.6. The Morgan fingerprint density at radius 2 is 1.74 bits per heavy atom. The molecule has 23 heavy (non-hydrogen) atoms. The smallest absolute Gasteiger partial charge is 0.169 e. The number of hydrogen-bond acceptors (Lipinski definition) is 3. The van der Waals surface area contributed by atoms with Gasteiger partial charge in [0, 0.05) is 0 Å². The van der Waals surface area contributed by atoms with Crippen LogP contribution in [0.3, 0.4) is 0 Å². The fourth-order valence-electron chi connectivity index (χ4n) is 2.99. The first-order valence-corrected chi connectivity index (χ1v) is 8.36. The van der Waals surface area contributed by atoms with Gasteiger partial charge in [-0.1, -0.05) is 24.6 Å². The minimum Gasteiger partial charge on any atom is -0.493 e. The third-order valence-electron chi connectivity index (χ3n) is 4.40. The van der Waals surface area contributed by atoms with Crippen molar-refractivity contribution in [2.75, 3.05) is 7.11 Å². The van der Waals surface area contributed by atoms with E-state index >= 15 is 0 Å². The van der Waals surface area contributed by atoms with Crippen molar-refractivity contribution in [3.8, 4) is 17.2 Å². The van der Waals surface area contributed by atoms with Crippen LogP contribution in [0.2, 0.25) is 0 Å². The molecular weight excluding hydrogens is 288 g/mol. The number of aryl methyl sites for hydroxylation is 2. The molecule has 3 heteroatoms. The lowest BCUT2D eigenvalue weighted by molar-refractivity contribution is 0.151. The minimum absolute atomic E-state index is 0.212. The molecule has 122 valence electrons. The molecule has 5 rings (SSSR count). The van der Waals surface area contributed by atoms with Crippen LogP contribution in [-0.4, -0.2) is 18.3 Å². The SMILES string of the molecule is COc1cc2ccc1Oc1ccc(cc1)CCC(O)CCCC2. The zero-order valence-corrected chi connectivity index (χ0v) is 13.6. The van der Waals surface area contributed by atoms with Gasteiger partial charge in [0.2, 0.25) is 0 Å². The maximum absolute atomic E-state index is 10.1. The molecule has 2 aromatic carbocycles. The first-order valence-electron chi connectivity index (χ1n) is 8.36. The molecule has 1 unspecified atom stereocenters. The van der Waals surface area contributed by atoms with Crippen molar-refractivity contribution in [2.45, 2.75) is 44.6 Å². The van der Waals surface area contributed by atoms with E-state index in [1.54, 1.807) is 7.11 Å². The molecule has 4 bridgehead atoms. The van der Waals surface area contributed by atoms with E-state index < -0.39 is 0 Å². The molecule has 1 atom stereocenters. The Balaban J connectivity index is 1.88. The molecule has 0 radical (unpaired) electrons. The number of aliphatic hydroxyl groups is 1. The number of fused-ring (bicyclic) bond motifs is 2. The summed E-state index contributed by atoms with van der Waals surface area (Å²) in [5.41, 5.74) is 2.47. The summed E-state index contributed by atoms with van der Waals surface area (Å²) < 4.78 is 11.4. The molecular formula is C20H24O3. The maximum atomic E-state index is 10.1. The van der Waals surface area contributed by atoms with E-state index in [4.69, 9.17) is 9.47 Å². The quantitative estimate of drug-likeness (QED) is 0.842. The molecule has 0 amide bonds. The second-order valence-electron chi connectivity index (χ2n) is 6.17. The Labute approximate surface area is 137 Å². The molecule has 3 aliphatic heterocycles. The van der Waals surface area contributed by atoms with Gasteiger partial charge in [0.05, 0.1) is 13.2 Å². The van der Waals surface area contributed by atoms with Gasteiger partial charge in [-0.2, -0.15) is 0 Å². The molecule has 3 heterocycles. The van der Waals surface area contributed by atoms with E-state index in [2.05, 4.69) is 18.2 Å². The van der Waals surface area contributed by atoms with Gasteiger partial charge in [0.15, 0.2) is 11.5 Å². The Bertz CT molecular complexity index is 634. The lowest BCUT2D eigenvalue weighted by Crippen LogP contribution is -2.08. The van der Waals surface area contributed by atoms with Crippen LogP contribution in [-0.2, 0) is 12.8 Å². The molecule has 3 aliphatic rings. The minimum atomic E-state index is -0.212. The summed E-state index contributed by atoms with van der Waals surface area (Å²) in [5, 5.41) is 10.1. The zero-order chi connectivity index (χ0) is 16.1. The highest BCUT2D eigenvalue weighted by Crippen LogP contribution is 2.33. The number of methoxy groups -OCH3 is 1. The highest BCUT2D eigenvalue weighted by molar-refractivity contribution is 5.45. The summed E-state index contributed by atoms with van der Waals surface area (Å²) in [7, 11) is 1.67. The summed E-state index contributed by atoms with van der Waals surface area (Å²) in [6.45, 7) is 0. The molecule has 1 N–H and O–H groups in total. The van der Waals surface area contributed by atoms with Gasteiger partial charge in [-0.25, -0.2) is 0 Å². The van der Waals surface area contributed by atoms with Crippen LogP contribution in [0.4, 0.5) is 0 Å². The molecule has 0 saturated carbocycles. The van der Waals surface area contributed by atoms with Crippen molar-refractivity contribution in [3.63, 3.8) is 0 Å². The Kier molecular flexibility index (Phi) is 5.19. The van der Waals surface area contributed by atoms with Gasteiger partial charge in [0.25, 0.3) is 0 Å². The monoisotopic (exact) mass is 312 g/mol. The Morgan fingerprint density at radius 3 is 2.52 bits per heavy atom. The fourth-order valence-corrected chi connectivity index (χ4v) is 2.99. The molecule has 0 aliphatic carbocycles. The van der Waals surface area contributed by atoms with E-state index in [9.17, 15) is 5.11 Å². The van der Waals surface area contributed by atoms with Crippen molar-refractivity contribution in [1.29, 1.82) is 0 Å². The Hall–Kier alpha value is -2.00. The second-order valence-corrected chi connectivity index (χ2v) is 6.17. The predicted octanol–water partition coefficient (Wildman–Crippen LogP) is 4.51. The molecule has 0 fully saturated rings. The van der Waals surface area contributed by atoms with Crippen molar-refractivity contribution < 1.29 is 14.6 Å². The van der Waals surface area contributed by atoms with Crippen LogP contribution in [0, 0.1) is 0 Å². The Morgan fingerprint density at radius 1 is 0.957 bits per heavy atom. The summed E-state index contributed by atoms with van der Waals surface area (Å²) >= 11 is 0. The molecule has 0 saturated heterocycles. The molecule has 0 spiro atoms. The van der Waals surface area contributed by atoms with Crippen LogP contribution in [0.1, 0.15) is 36.8 Å². The molecule has 0 aromatic heterocycles. The van der Waals surface area contributed by atoms with E-state index in [1.165, 1.54) is 11.1 Å². The number of ether oxygens (including phenoxy) is 2.